The van der Waals surface area contributed by atoms with Gasteiger partial charge >= 0.3 is 24.3 Å². The van der Waals surface area contributed by atoms with Crippen molar-refractivity contribution in [2.45, 2.75) is 12.4 Å². The molecule has 0 fully saturated rings. The minimum Gasteiger partial charge on any atom is -0.478 e. The molecule has 0 unspecified atom stereocenters. The van der Waals surface area contributed by atoms with Gasteiger partial charge < -0.3 is 9.84 Å². The summed E-state index contributed by atoms with van der Waals surface area (Å²) in [4.78, 5) is 27.7. The maximum Gasteiger partial charge on any atom is 0.434 e. The van der Waals surface area contributed by atoms with Crippen LogP contribution in [0.1, 0.15) is 32.1 Å². The van der Waals surface area contributed by atoms with Gasteiger partial charge in [-0.2, -0.15) is 26.3 Å². The van der Waals surface area contributed by atoms with Crippen molar-refractivity contribution < 1.29 is 45.8 Å². The molecule has 158 valence electrons. The van der Waals surface area contributed by atoms with Gasteiger partial charge in [-0.05, 0) is 44.0 Å². The molecular weight excluding hydrogens is 546 g/mol. The second-order valence-corrected chi connectivity index (χ2v) is 6.72. The molecule has 2 rings (SSSR count). The molecule has 14 heteroatoms. The molecule has 1 N–H and O–H groups in total. The Morgan fingerprint density at radius 1 is 0.897 bits per heavy atom. The van der Waals surface area contributed by atoms with Crippen molar-refractivity contribution in [2.75, 3.05) is 7.11 Å². The highest BCUT2D eigenvalue weighted by molar-refractivity contribution is 9.10. The predicted molar refractivity (Wildman–Crippen MR) is 92.2 cm³/mol. The molecule has 0 spiro atoms. The summed E-state index contributed by atoms with van der Waals surface area (Å²) in [5.41, 5.74) is -4.13. The van der Waals surface area contributed by atoms with Crippen LogP contribution in [-0.2, 0) is 17.1 Å². The van der Waals surface area contributed by atoms with E-state index in [2.05, 4.69) is 46.6 Å². The number of aromatic carboxylic acids is 1. The minimum absolute atomic E-state index is 0.183. The molecule has 2 aromatic heterocycles. The highest BCUT2D eigenvalue weighted by Crippen LogP contribution is 2.32. The highest BCUT2D eigenvalue weighted by Gasteiger charge is 2.38. The van der Waals surface area contributed by atoms with Crippen LogP contribution in [0.4, 0.5) is 26.3 Å². The number of alkyl halides is 6. The van der Waals surface area contributed by atoms with Crippen LogP contribution in [0.5, 0.6) is 0 Å². The van der Waals surface area contributed by atoms with Gasteiger partial charge in [-0.3, -0.25) is 0 Å². The zero-order chi connectivity index (χ0) is 22.6. The Bertz CT molecular complexity index is 919. The number of pyridine rings is 2. The first-order valence-corrected chi connectivity index (χ1v) is 8.54. The van der Waals surface area contributed by atoms with Gasteiger partial charge in [0.1, 0.15) is 0 Å². The number of carbonyl (C=O) groups excluding carboxylic acids is 1. The van der Waals surface area contributed by atoms with Gasteiger partial charge in [0.15, 0.2) is 11.4 Å². The Kier molecular flexibility index (Phi) is 8.15. The first-order valence-electron chi connectivity index (χ1n) is 6.95. The third-order valence-electron chi connectivity index (χ3n) is 2.88. The lowest BCUT2D eigenvalue weighted by atomic mass is 10.2. The maximum absolute atomic E-state index is 12.4. The van der Waals surface area contributed by atoms with Crippen LogP contribution in [0.3, 0.4) is 0 Å². The SMILES string of the molecule is COC(=O)c1cc(Br)cnc1C(F)(F)F.O=C(O)c1cc(Br)cnc1C(F)(F)F. The second-order valence-electron chi connectivity index (χ2n) is 4.89. The zero-order valence-corrected chi connectivity index (χ0v) is 17.1. The summed E-state index contributed by atoms with van der Waals surface area (Å²) in [6, 6.07) is 1.87. The minimum atomic E-state index is -4.76. The topological polar surface area (TPSA) is 89.4 Å². The number of carbonyl (C=O) groups is 2. The molecule has 29 heavy (non-hydrogen) atoms. The van der Waals surface area contributed by atoms with Crippen molar-refractivity contribution in [2.24, 2.45) is 0 Å². The lowest BCUT2D eigenvalue weighted by Gasteiger charge is -2.09. The van der Waals surface area contributed by atoms with E-state index >= 15 is 0 Å². The average Bonchev–Trinajstić information content (AvgIpc) is 2.59. The summed E-state index contributed by atoms with van der Waals surface area (Å²) in [6.07, 6.45) is -7.57. The van der Waals surface area contributed by atoms with Crippen LogP contribution in [0.2, 0.25) is 0 Å². The lowest BCUT2D eigenvalue weighted by molar-refractivity contribution is -0.142. The van der Waals surface area contributed by atoms with E-state index in [0.717, 1.165) is 31.6 Å². The molecule has 0 saturated carbocycles. The Balaban J connectivity index is 0.000000291. The first-order chi connectivity index (χ1) is 13.2. The fraction of sp³-hybridized carbons (Fsp3) is 0.200. The van der Waals surface area contributed by atoms with Crippen LogP contribution in [0.15, 0.2) is 33.5 Å². The number of carboxylic acids is 1. The number of methoxy groups -OCH3 is 1. The normalized spacial score (nSPS) is 11.3. The lowest BCUT2D eigenvalue weighted by Crippen LogP contribution is -2.16. The van der Waals surface area contributed by atoms with Gasteiger partial charge in [0, 0.05) is 21.3 Å². The van der Waals surface area contributed by atoms with Gasteiger partial charge in [0.05, 0.1) is 18.2 Å². The summed E-state index contributed by atoms with van der Waals surface area (Å²) in [7, 11) is 1.00. The van der Waals surface area contributed by atoms with E-state index in [1.54, 1.807) is 0 Å². The molecule has 0 saturated heterocycles. The Morgan fingerprint density at radius 3 is 1.62 bits per heavy atom. The fourth-order valence-electron chi connectivity index (χ4n) is 1.76. The quantitative estimate of drug-likeness (QED) is 0.406. The standard InChI is InChI=1S/C8H5BrF3NO2.C7H3BrF3NO2/c1-15-7(14)5-2-4(9)3-13-6(5)8(10,11)12;8-3-1-4(6(13)14)5(12-2-3)7(9,10)11/h2-3H,1H3;1-2H,(H,13,14). The van der Waals surface area contributed by atoms with E-state index in [1.165, 1.54) is 0 Å². The van der Waals surface area contributed by atoms with Crippen LogP contribution in [0, 0.1) is 0 Å². The van der Waals surface area contributed by atoms with E-state index in [0.29, 0.717) is 0 Å². The maximum atomic E-state index is 12.4. The molecule has 2 heterocycles. The Morgan fingerprint density at radius 2 is 1.28 bits per heavy atom. The summed E-state index contributed by atoms with van der Waals surface area (Å²) in [5, 5.41) is 8.49. The summed E-state index contributed by atoms with van der Waals surface area (Å²) >= 11 is 5.76. The second kappa shape index (κ2) is 9.52. The largest absolute Gasteiger partial charge is 0.478 e. The van der Waals surface area contributed by atoms with Crippen LogP contribution in [-0.4, -0.2) is 34.1 Å². The van der Waals surface area contributed by atoms with E-state index < -0.39 is 46.8 Å². The van der Waals surface area contributed by atoms with E-state index in [-0.39, 0.29) is 8.95 Å². The first kappa shape index (κ1) is 24.8. The average molecular weight is 554 g/mol. The van der Waals surface area contributed by atoms with Crippen molar-refractivity contribution in [3.63, 3.8) is 0 Å². The number of aromatic nitrogens is 2. The number of nitrogens with zero attached hydrogens (tertiary/aromatic N) is 2. The number of halogens is 8. The van der Waals surface area contributed by atoms with Crippen molar-refractivity contribution in [3.05, 3.63) is 56.0 Å². The van der Waals surface area contributed by atoms with Gasteiger partial charge in [-0.25, -0.2) is 19.6 Å². The van der Waals surface area contributed by atoms with Crippen LogP contribution < -0.4 is 0 Å². The smallest absolute Gasteiger partial charge is 0.434 e. The number of hydrogen-bond donors (Lipinski definition) is 1. The molecule has 2 aromatic rings. The fourth-order valence-corrected chi connectivity index (χ4v) is 2.42. The third kappa shape index (κ3) is 6.96. The molecule has 0 bridgehead atoms. The van der Waals surface area contributed by atoms with E-state index in [9.17, 15) is 35.9 Å². The Labute approximate surface area is 175 Å². The molecular formula is C15H8Br2F6N2O4. The molecule has 0 aromatic carbocycles. The molecule has 0 amide bonds. The predicted octanol–water partition coefficient (Wildman–Crippen LogP) is 5.21. The third-order valence-corrected chi connectivity index (χ3v) is 3.75. The van der Waals surface area contributed by atoms with E-state index in [4.69, 9.17) is 5.11 Å². The summed E-state index contributed by atoms with van der Waals surface area (Å²) in [6.45, 7) is 0. The highest BCUT2D eigenvalue weighted by atomic mass is 79.9. The van der Waals surface area contributed by atoms with E-state index in [1.807, 2.05) is 0 Å². The van der Waals surface area contributed by atoms with Crippen LogP contribution >= 0.6 is 31.9 Å². The number of hydrogen-bond acceptors (Lipinski definition) is 5. The molecule has 0 aliphatic carbocycles. The van der Waals surface area contributed by atoms with Crippen molar-refractivity contribution in [3.8, 4) is 0 Å². The number of rotatable bonds is 2. The number of carboxylic acid groups (broad SMARTS) is 1. The van der Waals surface area contributed by atoms with Crippen molar-refractivity contribution >= 4 is 43.8 Å². The van der Waals surface area contributed by atoms with Crippen LogP contribution in [0.25, 0.3) is 0 Å². The summed E-state index contributed by atoms with van der Waals surface area (Å²) in [5.74, 6) is -2.73. The molecule has 0 aliphatic rings. The van der Waals surface area contributed by atoms with Crippen molar-refractivity contribution in [1.29, 1.82) is 0 Å². The molecule has 0 atom stereocenters. The summed E-state index contributed by atoms with van der Waals surface area (Å²) < 4.78 is 78.5. The van der Waals surface area contributed by atoms with Crippen molar-refractivity contribution in [1.82, 2.24) is 9.97 Å². The molecule has 0 radical (unpaired) electrons. The van der Waals surface area contributed by atoms with Gasteiger partial charge in [0.2, 0.25) is 0 Å². The van der Waals surface area contributed by atoms with Gasteiger partial charge in [-0.15, -0.1) is 0 Å². The molecule has 6 nitrogen and oxygen atoms in total. The number of ether oxygens (including phenoxy) is 1. The number of esters is 1. The van der Waals surface area contributed by atoms with Gasteiger partial charge in [0.25, 0.3) is 0 Å². The molecule has 0 aliphatic heterocycles. The van der Waals surface area contributed by atoms with Gasteiger partial charge in [-0.1, -0.05) is 0 Å². The Hall–Kier alpha value is -2.22. The zero-order valence-electron chi connectivity index (χ0n) is 13.9. The monoisotopic (exact) mass is 552 g/mol.